The number of allylic oxidation sites excluding steroid dienone is 22. The van der Waals surface area contributed by atoms with Gasteiger partial charge in [0.15, 0.2) is 0 Å². The van der Waals surface area contributed by atoms with E-state index in [4.69, 9.17) is 0 Å². The van der Waals surface area contributed by atoms with Crippen molar-refractivity contribution in [1.29, 1.82) is 0 Å². The van der Waals surface area contributed by atoms with Crippen LogP contribution in [0.15, 0.2) is 202 Å². The second-order valence-corrected chi connectivity index (χ2v) is 14.9. The normalized spacial score (nSPS) is 17.8. The van der Waals surface area contributed by atoms with Crippen LogP contribution in [0.3, 0.4) is 0 Å². The smallest absolute Gasteiger partial charge is 0.00130 e. The lowest BCUT2D eigenvalue weighted by molar-refractivity contribution is 1.25. The summed E-state index contributed by atoms with van der Waals surface area (Å²) in [4.78, 5) is 0. The summed E-state index contributed by atoms with van der Waals surface area (Å²) in [6.07, 6.45) is 25.5. The third-order valence-electron chi connectivity index (χ3n) is 11.0. The second kappa shape index (κ2) is 13.0. The Morgan fingerprint density at radius 2 is 0.654 bits per heavy atom. The van der Waals surface area contributed by atoms with Gasteiger partial charge in [0.05, 0.1) is 0 Å². The average Bonchev–Trinajstić information content (AvgIpc) is 3.99. The average molecular weight is 667 g/mol. The molecule has 4 aromatic rings. The molecule has 9 rings (SSSR count). The first-order chi connectivity index (χ1) is 25.4. The van der Waals surface area contributed by atoms with Crippen LogP contribution in [0.4, 0.5) is 0 Å². The van der Waals surface area contributed by atoms with Crippen LogP contribution in [0.25, 0.3) is 22.3 Å². The molecule has 0 aliphatic heterocycles. The molecule has 0 radical (unpaired) electrons. The second-order valence-electron chi connectivity index (χ2n) is 14.9. The molecule has 0 heterocycles. The van der Waals surface area contributed by atoms with Crippen molar-refractivity contribution >= 4 is 22.3 Å². The molecule has 52 heavy (non-hydrogen) atoms. The van der Waals surface area contributed by atoms with Gasteiger partial charge in [0.1, 0.15) is 0 Å². The quantitative estimate of drug-likeness (QED) is 0.203. The lowest BCUT2D eigenvalue weighted by atomic mass is 9.86. The van der Waals surface area contributed by atoms with Crippen molar-refractivity contribution in [2.45, 2.75) is 40.5 Å². The highest BCUT2D eigenvalue weighted by molar-refractivity contribution is 5.98. The Morgan fingerprint density at radius 3 is 1.00 bits per heavy atom. The number of hydrogen-bond acceptors (Lipinski definition) is 0. The maximum absolute atomic E-state index is 2.44. The van der Waals surface area contributed by atoms with Crippen LogP contribution in [0, 0.1) is 27.7 Å². The predicted octanol–water partition coefficient (Wildman–Crippen LogP) is 13.3. The molecule has 0 saturated carbocycles. The molecular formula is C52H42. The van der Waals surface area contributed by atoms with E-state index in [1.807, 2.05) is 0 Å². The van der Waals surface area contributed by atoms with Gasteiger partial charge in [-0.05, 0) is 142 Å². The van der Waals surface area contributed by atoms with Crippen molar-refractivity contribution in [3.05, 3.63) is 247 Å². The predicted molar refractivity (Wildman–Crippen MR) is 221 cm³/mol. The van der Waals surface area contributed by atoms with E-state index in [2.05, 4.69) is 186 Å². The summed E-state index contributed by atoms with van der Waals surface area (Å²) in [6.45, 7) is 8.67. The van der Waals surface area contributed by atoms with E-state index >= 15 is 0 Å². The molecule has 0 heteroatoms. The topological polar surface area (TPSA) is 0 Å². The first-order valence-electron chi connectivity index (χ1n) is 18.5. The van der Waals surface area contributed by atoms with Crippen LogP contribution in [0.5, 0.6) is 0 Å². The number of hydrogen-bond donors (Lipinski definition) is 0. The van der Waals surface area contributed by atoms with Gasteiger partial charge < -0.3 is 0 Å². The van der Waals surface area contributed by atoms with Gasteiger partial charge in [-0.2, -0.15) is 0 Å². The number of rotatable bonds is 4. The molecule has 0 nitrogen and oxygen atoms in total. The van der Waals surface area contributed by atoms with Crippen LogP contribution in [-0.4, -0.2) is 0 Å². The first kappa shape index (κ1) is 32.0. The molecule has 4 aromatic carbocycles. The van der Waals surface area contributed by atoms with Gasteiger partial charge in [0.25, 0.3) is 0 Å². The standard InChI is InChI=1S/C52H42/c1-33-5-13-37(14-6-33)49-41-21-23-43(29-41)50(38-15-7-34(2)8-16-38)45-25-27-47(31-45)52(40-19-11-36(4)12-20-40)48-28-26-46(32-48)51(44-24-22-42(49)30-44)39-17-9-35(3)10-18-39/h5-29,32H,30-31H2,1-4H3. The van der Waals surface area contributed by atoms with Gasteiger partial charge in [0.2, 0.25) is 0 Å². The van der Waals surface area contributed by atoms with Gasteiger partial charge in [-0.15, -0.1) is 0 Å². The van der Waals surface area contributed by atoms with Crippen molar-refractivity contribution in [2.75, 3.05) is 0 Å². The summed E-state index contributed by atoms with van der Waals surface area (Å²) in [5, 5.41) is 0. The van der Waals surface area contributed by atoms with Crippen LogP contribution in [-0.2, 0) is 0 Å². The van der Waals surface area contributed by atoms with Gasteiger partial charge in [0, 0.05) is 0 Å². The van der Waals surface area contributed by atoms with Gasteiger partial charge in [-0.25, -0.2) is 0 Å². The lowest BCUT2D eigenvalue weighted by Gasteiger charge is -2.18. The fourth-order valence-electron chi connectivity index (χ4n) is 8.27. The Bertz CT molecular complexity index is 2320. The zero-order chi connectivity index (χ0) is 35.3. The minimum absolute atomic E-state index is 0.868. The Morgan fingerprint density at radius 1 is 0.327 bits per heavy atom. The number of benzene rings is 4. The summed E-state index contributed by atoms with van der Waals surface area (Å²) < 4.78 is 0. The minimum atomic E-state index is 0.868. The summed E-state index contributed by atoms with van der Waals surface area (Å²) in [7, 11) is 0. The van der Waals surface area contributed by atoms with E-state index in [9.17, 15) is 0 Å². The summed E-state index contributed by atoms with van der Waals surface area (Å²) in [6, 6.07) is 36.3. The third-order valence-corrected chi connectivity index (χ3v) is 11.0. The van der Waals surface area contributed by atoms with Crippen LogP contribution in [0.1, 0.15) is 57.3 Å². The summed E-state index contributed by atoms with van der Waals surface area (Å²) in [5.41, 5.74) is 25.9. The van der Waals surface area contributed by atoms with E-state index in [0.29, 0.717) is 0 Å². The largest absolute Gasteiger partial charge is 0.0587 e. The zero-order valence-corrected chi connectivity index (χ0v) is 30.4. The molecule has 5 aliphatic carbocycles. The Kier molecular flexibility index (Phi) is 7.97. The van der Waals surface area contributed by atoms with Crippen molar-refractivity contribution < 1.29 is 0 Å². The number of fused-ring (bicyclic) bond motifs is 6. The molecule has 0 saturated heterocycles. The number of aryl methyl sites for hydroxylation is 4. The molecule has 250 valence electrons. The molecule has 0 N–H and O–H groups in total. The van der Waals surface area contributed by atoms with Crippen LogP contribution in [0.2, 0.25) is 0 Å². The highest BCUT2D eigenvalue weighted by atomic mass is 14.3. The minimum Gasteiger partial charge on any atom is -0.0587 e. The Labute approximate surface area is 308 Å². The van der Waals surface area contributed by atoms with Crippen molar-refractivity contribution in [1.82, 2.24) is 0 Å². The van der Waals surface area contributed by atoms with Crippen molar-refractivity contribution in [3.63, 3.8) is 0 Å². The molecule has 5 aliphatic rings. The summed E-state index contributed by atoms with van der Waals surface area (Å²) in [5.74, 6) is 0. The molecule has 0 aromatic heterocycles. The zero-order valence-electron chi connectivity index (χ0n) is 30.4. The molecule has 0 unspecified atom stereocenters. The van der Waals surface area contributed by atoms with E-state index in [0.717, 1.165) is 12.8 Å². The van der Waals surface area contributed by atoms with Gasteiger partial charge in [-0.3, -0.25) is 0 Å². The molecule has 0 fully saturated rings. The maximum atomic E-state index is 2.44. The molecular weight excluding hydrogens is 625 g/mol. The van der Waals surface area contributed by atoms with E-state index in [1.54, 1.807) is 0 Å². The van der Waals surface area contributed by atoms with Gasteiger partial charge >= 0.3 is 0 Å². The summed E-state index contributed by atoms with van der Waals surface area (Å²) >= 11 is 0. The van der Waals surface area contributed by atoms with Crippen LogP contribution < -0.4 is 0 Å². The SMILES string of the molecule is Cc1ccc(C2=C3C=CC(=C3)C(c3ccc(C)cc3)=C3C=CC(=C(c4ccc(C)cc4)C4=CC(=C(c5ccc(C)cc5)C5=CC=C2C5)C=C4)C3)cc1. The Balaban J connectivity index is 1.32. The maximum Gasteiger partial charge on any atom is -0.00130 e. The molecule has 8 bridgehead atoms. The highest BCUT2D eigenvalue weighted by Crippen LogP contribution is 2.47. The molecule has 0 atom stereocenters. The van der Waals surface area contributed by atoms with Crippen molar-refractivity contribution in [2.24, 2.45) is 0 Å². The Hall–Kier alpha value is -5.98. The fourth-order valence-corrected chi connectivity index (χ4v) is 8.27. The van der Waals surface area contributed by atoms with Crippen molar-refractivity contribution in [3.8, 4) is 0 Å². The van der Waals surface area contributed by atoms with Gasteiger partial charge in [-0.1, -0.05) is 168 Å². The van der Waals surface area contributed by atoms with E-state index in [1.165, 1.54) is 111 Å². The fraction of sp³-hybridized carbons (Fsp3) is 0.115. The lowest BCUT2D eigenvalue weighted by Crippen LogP contribution is -1.97. The van der Waals surface area contributed by atoms with E-state index < -0.39 is 0 Å². The third kappa shape index (κ3) is 5.85. The highest BCUT2D eigenvalue weighted by Gasteiger charge is 2.27. The first-order valence-corrected chi connectivity index (χ1v) is 18.5. The monoisotopic (exact) mass is 666 g/mol. The molecule has 0 amide bonds. The molecule has 0 spiro atoms. The van der Waals surface area contributed by atoms with E-state index in [-0.39, 0.29) is 0 Å². The van der Waals surface area contributed by atoms with Crippen LogP contribution >= 0.6 is 0 Å².